The van der Waals surface area contributed by atoms with Crippen LogP contribution in [-0.2, 0) is 40.3 Å². The minimum Gasteiger partial charge on any atom is -0.496 e. The van der Waals surface area contributed by atoms with Crippen molar-refractivity contribution in [1.29, 1.82) is 0 Å². The van der Waals surface area contributed by atoms with Gasteiger partial charge in [-0.3, -0.25) is 19.3 Å². The zero-order valence-corrected chi connectivity index (χ0v) is 41.5. The Morgan fingerprint density at radius 2 is 1.61 bits per heavy atom. The number of aromatic carboxylic acids is 1. The molecule has 6 amide bonds. The lowest BCUT2D eigenvalue weighted by atomic mass is 9.43. The lowest BCUT2D eigenvalue weighted by Crippen LogP contribution is -2.65. The number of carboxylic acid groups (broad SMARTS) is 1. The van der Waals surface area contributed by atoms with E-state index in [9.17, 15) is 29.1 Å². The van der Waals surface area contributed by atoms with Crippen LogP contribution in [0.15, 0.2) is 24.3 Å². The van der Waals surface area contributed by atoms with Crippen LogP contribution < -0.4 is 30.2 Å². The van der Waals surface area contributed by atoms with Crippen LogP contribution in [0, 0.1) is 17.3 Å². The molecule has 7 atom stereocenters. The van der Waals surface area contributed by atoms with Crippen LogP contribution in [0.4, 0.5) is 9.59 Å². The summed E-state index contributed by atoms with van der Waals surface area (Å²) in [6, 6.07) is 2.61. The van der Waals surface area contributed by atoms with E-state index in [1.54, 1.807) is 33.8 Å². The first-order chi connectivity index (χ1) is 31.2. The molecular weight excluding hydrogens is 889 g/mol. The molecule has 3 saturated carbocycles. The van der Waals surface area contributed by atoms with Crippen LogP contribution in [-0.4, -0.2) is 128 Å². The fourth-order valence-corrected chi connectivity index (χ4v) is 10.7. The van der Waals surface area contributed by atoms with Crippen molar-refractivity contribution in [3.63, 3.8) is 0 Å². The molecule has 4 N–H and O–H groups in total. The molecule has 2 aromatic rings. The highest BCUT2D eigenvalue weighted by Gasteiger charge is 2.68. The highest BCUT2D eigenvalue weighted by atomic mass is 35.5. The molecule has 2 bridgehead atoms. The normalized spacial score (nSPS) is 24.2. The van der Waals surface area contributed by atoms with Crippen molar-refractivity contribution in [2.45, 2.75) is 129 Å². The summed E-state index contributed by atoms with van der Waals surface area (Å²) in [6.45, 7) is 19.0. The summed E-state index contributed by atoms with van der Waals surface area (Å²) in [5.74, 6) is -4.25. The second-order valence-corrected chi connectivity index (χ2v) is 21.1. The average Bonchev–Trinajstić information content (AvgIpc) is 3.60. The fourth-order valence-electron chi connectivity index (χ4n) is 10.3. The number of benzene rings is 2. The van der Waals surface area contributed by atoms with Gasteiger partial charge in [-0.05, 0) is 94.2 Å². The number of nitrogens with zero attached hydrogens (tertiary/aromatic N) is 2. The Bertz CT molecular complexity index is 2300. The Balaban J connectivity index is 1.36. The van der Waals surface area contributed by atoms with Gasteiger partial charge in [0.05, 0.1) is 50.0 Å². The summed E-state index contributed by atoms with van der Waals surface area (Å²) in [5.41, 5.74) is -0.783. The SMILES string of the molecule is COc1ccc(C(NC(=O)N2C(=O)C(=O)N(CCNC(=O)OC(C)(C)C)C[C@@H]2C)C(=O)NC(Cc2c(C(C)(C)C)ccc(C(=O)O)c2OC)B2O[C@@H]3C[C@@H]4C[C@@H](C4(C)C)[C@]3(C)O2)c(Cl)c1OC. The van der Waals surface area contributed by atoms with Gasteiger partial charge in [-0.25, -0.2) is 14.4 Å². The predicted octanol–water partition coefficient (Wildman–Crippen LogP) is 5.69. The Labute approximate surface area is 397 Å². The lowest BCUT2D eigenvalue weighted by molar-refractivity contribution is -0.199. The summed E-state index contributed by atoms with van der Waals surface area (Å²) in [6.07, 6.45) is 0.650. The number of imide groups is 1. The second-order valence-electron chi connectivity index (χ2n) is 20.7. The summed E-state index contributed by atoms with van der Waals surface area (Å²) < 4.78 is 35.8. The molecule has 67 heavy (non-hydrogen) atoms. The van der Waals surface area contributed by atoms with Crippen molar-refractivity contribution < 1.29 is 62.1 Å². The molecular formula is C47H65BClN5O13. The van der Waals surface area contributed by atoms with Crippen LogP contribution in [0.1, 0.15) is 115 Å². The number of halogens is 1. The molecule has 2 aromatic carbocycles. The number of hydrogen-bond donors (Lipinski definition) is 4. The standard InChI is InChI=1S/C47H65BClN5O13/c1-24-23-53(19-18-50-43(61)65-45(5,6)7)39(56)40(57)54(24)42(60)52-35(26-15-17-30(62-11)37(64-13)34(26)49)38(55)51-33(48-66-32-21-25-20-31(46(25,8)9)47(32,10)67-48)22-28-29(44(2,3)4)16-14-27(41(58)59)36(28)63-12/h14-17,24-25,31-33,35H,18-23H2,1-13H3,(H,50,61)(H,51,55)(H,52,60)(H,58,59)/t24-,25-,31-,32+,33?,35?,47-/m0/s1. The maximum Gasteiger partial charge on any atom is 0.482 e. The molecule has 20 heteroatoms. The van der Waals surface area contributed by atoms with Gasteiger partial charge in [-0.15, -0.1) is 0 Å². The van der Waals surface area contributed by atoms with Gasteiger partial charge >= 0.3 is 37.0 Å². The number of amides is 6. The summed E-state index contributed by atoms with van der Waals surface area (Å²) in [7, 11) is 3.09. The molecule has 0 radical (unpaired) electrons. The highest BCUT2D eigenvalue weighted by Crippen LogP contribution is 2.66. The minimum absolute atomic E-state index is 0.0152. The molecule has 0 aromatic heterocycles. The number of urea groups is 1. The van der Waals surface area contributed by atoms with Crippen molar-refractivity contribution in [1.82, 2.24) is 25.8 Å². The molecule has 3 aliphatic carbocycles. The van der Waals surface area contributed by atoms with Crippen LogP contribution in [0.5, 0.6) is 17.2 Å². The number of carboxylic acids is 1. The summed E-state index contributed by atoms with van der Waals surface area (Å²) in [4.78, 5) is 83.7. The molecule has 2 unspecified atom stereocenters. The van der Waals surface area contributed by atoms with E-state index in [1.807, 2.05) is 27.7 Å². The van der Waals surface area contributed by atoms with E-state index in [2.05, 4.69) is 29.8 Å². The quantitative estimate of drug-likeness (QED) is 0.132. The first kappa shape index (κ1) is 51.1. The van der Waals surface area contributed by atoms with Crippen LogP contribution >= 0.6 is 11.6 Å². The molecule has 2 aliphatic heterocycles. The number of nitrogens with one attached hydrogen (secondary N) is 3. The Morgan fingerprint density at radius 3 is 2.19 bits per heavy atom. The van der Waals surface area contributed by atoms with Crippen molar-refractivity contribution in [3.8, 4) is 17.2 Å². The van der Waals surface area contributed by atoms with E-state index < -0.39 is 77.6 Å². The summed E-state index contributed by atoms with van der Waals surface area (Å²) in [5, 5.41) is 18.5. The van der Waals surface area contributed by atoms with E-state index in [1.165, 1.54) is 44.4 Å². The molecule has 0 spiro atoms. The lowest BCUT2D eigenvalue weighted by Gasteiger charge is -2.64. The van der Waals surface area contributed by atoms with Crippen LogP contribution in [0.3, 0.4) is 0 Å². The smallest absolute Gasteiger partial charge is 0.482 e. The van der Waals surface area contributed by atoms with Crippen LogP contribution in [0.2, 0.25) is 5.02 Å². The largest absolute Gasteiger partial charge is 0.496 e. The van der Waals surface area contributed by atoms with E-state index in [0.717, 1.165) is 23.3 Å². The maximum absolute atomic E-state index is 15.2. The van der Waals surface area contributed by atoms with Gasteiger partial charge in [0.1, 0.15) is 23.0 Å². The second kappa shape index (κ2) is 19.0. The van der Waals surface area contributed by atoms with Gasteiger partial charge in [0.2, 0.25) is 5.91 Å². The number of piperazine rings is 1. The third kappa shape index (κ3) is 10.0. The molecule has 18 nitrogen and oxygen atoms in total. The van der Waals surface area contributed by atoms with E-state index in [0.29, 0.717) is 11.5 Å². The van der Waals surface area contributed by atoms with Crippen molar-refractivity contribution >= 4 is 54.5 Å². The Hall–Kier alpha value is -5.27. The Kier molecular flexibility index (Phi) is 14.5. The van der Waals surface area contributed by atoms with Gasteiger partial charge in [0.25, 0.3) is 0 Å². The van der Waals surface area contributed by atoms with E-state index in [4.69, 9.17) is 39.9 Å². The number of ether oxygens (including phenoxy) is 4. The number of alkyl carbamates (subject to hydrolysis) is 1. The molecule has 2 saturated heterocycles. The minimum atomic E-state index is -1.64. The van der Waals surface area contributed by atoms with Crippen molar-refractivity contribution in [3.05, 3.63) is 51.5 Å². The molecule has 5 aliphatic rings. The number of methoxy groups -OCH3 is 3. The summed E-state index contributed by atoms with van der Waals surface area (Å²) >= 11 is 6.97. The van der Waals surface area contributed by atoms with Gasteiger partial charge in [-0.2, -0.15) is 0 Å². The van der Waals surface area contributed by atoms with Gasteiger partial charge in [-0.1, -0.05) is 58.4 Å². The number of carbonyl (C=O) groups excluding carboxylic acids is 5. The zero-order valence-electron chi connectivity index (χ0n) is 40.7. The molecule has 7 rings (SSSR count). The van der Waals surface area contributed by atoms with Gasteiger partial charge in [0, 0.05) is 30.8 Å². The molecule has 2 heterocycles. The number of hydrogen-bond acceptors (Lipinski definition) is 12. The number of rotatable bonds is 14. The first-order valence-corrected chi connectivity index (χ1v) is 22.9. The topological polar surface area (TPSA) is 221 Å². The van der Waals surface area contributed by atoms with E-state index in [-0.39, 0.29) is 76.9 Å². The van der Waals surface area contributed by atoms with Crippen molar-refractivity contribution in [2.75, 3.05) is 41.0 Å². The average molecular weight is 954 g/mol. The van der Waals surface area contributed by atoms with E-state index >= 15 is 4.79 Å². The molecule has 366 valence electrons. The third-order valence-electron chi connectivity index (χ3n) is 13.8. The number of carbonyl (C=O) groups is 6. The fraction of sp³-hybridized carbons (Fsp3) is 0.617. The first-order valence-electron chi connectivity index (χ1n) is 22.6. The predicted molar refractivity (Wildman–Crippen MR) is 247 cm³/mol. The van der Waals surface area contributed by atoms with Gasteiger partial charge < -0.3 is 54.2 Å². The Morgan fingerprint density at radius 1 is 0.940 bits per heavy atom. The monoisotopic (exact) mass is 953 g/mol. The van der Waals surface area contributed by atoms with Crippen molar-refractivity contribution in [2.24, 2.45) is 17.3 Å². The maximum atomic E-state index is 15.2. The van der Waals surface area contributed by atoms with Gasteiger partial charge in [0.15, 0.2) is 11.5 Å². The zero-order chi connectivity index (χ0) is 49.7. The highest BCUT2D eigenvalue weighted by molar-refractivity contribution is 6.48. The third-order valence-corrected chi connectivity index (χ3v) is 14.2. The van der Waals surface area contributed by atoms with Crippen LogP contribution in [0.25, 0.3) is 0 Å². The molecule has 5 fully saturated rings.